The van der Waals surface area contributed by atoms with Crippen molar-refractivity contribution in [2.75, 3.05) is 46.8 Å². The van der Waals surface area contributed by atoms with Crippen molar-refractivity contribution in [2.24, 2.45) is 17.8 Å². The molecule has 0 aromatic rings. The van der Waals surface area contributed by atoms with Crippen LogP contribution in [0.3, 0.4) is 0 Å². The molecular formula is C47H86O11Si. The molecular weight excluding hydrogens is 769 g/mol. The van der Waals surface area contributed by atoms with Gasteiger partial charge in [-0.2, -0.15) is 0 Å². The molecule has 12 heteroatoms. The summed E-state index contributed by atoms with van der Waals surface area (Å²) in [6.07, 6.45) is 9.61. The van der Waals surface area contributed by atoms with Crippen molar-refractivity contribution in [3.8, 4) is 0 Å². The summed E-state index contributed by atoms with van der Waals surface area (Å²) in [5, 5.41) is 11.5. The summed E-state index contributed by atoms with van der Waals surface area (Å²) in [7, 11) is -0.505. The van der Waals surface area contributed by atoms with Gasteiger partial charge in [0.1, 0.15) is 17.8 Å². The van der Waals surface area contributed by atoms with E-state index in [0.29, 0.717) is 64.4 Å². The lowest BCUT2D eigenvalue weighted by Gasteiger charge is -2.40. The summed E-state index contributed by atoms with van der Waals surface area (Å²) < 4.78 is 49.2. The van der Waals surface area contributed by atoms with Crippen LogP contribution in [0.5, 0.6) is 0 Å². The quantitative estimate of drug-likeness (QED) is 0.0294. The zero-order valence-corrected chi connectivity index (χ0v) is 40.8. The third-order valence-electron chi connectivity index (χ3n) is 12.6. The molecule has 0 aliphatic carbocycles. The van der Waals surface area contributed by atoms with E-state index in [9.17, 15) is 14.7 Å². The number of allylic oxidation sites excluding steroid dienone is 2. The molecule has 0 amide bonds. The van der Waals surface area contributed by atoms with Crippen LogP contribution in [0.25, 0.3) is 0 Å². The first-order chi connectivity index (χ1) is 27.8. The van der Waals surface area contributed by atoms with E-state index in [0.717, 1.165) is 24.1 Å². The maximum absolute atomic E-state index is 14.0. The summed E-state index contributed by atoms with van der Waals surface area (Å²) >= 11 is 0. The minimum absolute atomic E-state index is 0.0350. The van der Waals surface area contributed by atoms with Gasteiger partial charge < -0.3 is 42.7 Å². The lowest BCUT2D eigenvalue weighted by Crippen LogP contribution is -2.47. The van der Waals surface area contributed by atoms with E-state index in [1.807, 2.05) is 71.9 Å². The van der Waals surface area contributed by atoms with Gasteiger partial charge in [0, 0.05) is 39.6 Å². The molecule has 11 nitrogen and oxygen atoms in total. The Morgan fingerprint density at radius 3 is 2.17 bits per heavy atom. The second-order valence-corrected chi connectivity index (χ2v) is 22.2. The smallest absolute Gasteiger partial charge is 0.308 e. The number of aliphatic hydroxyl groups excluding tert-OH is 1. The van der Waals surface area contributed by atoms with Crippen LogP contribution in [-0.4, -0.2) is 114 Å². The maximum atomic E-state index is 14.0. The standard InChI is InChI=1S/C47H86O11Si/c1-16-42(51-15)38(11)37(10)41(49)33-46(13,54-30-28-52-17-2)26-21-22-35(8)45-36(9)23-24-43(56-39(12)48)47(14,55-31-29-53-18-3)27-25-40(32-44(50)57-45)58-59(19-4,20-5)34(6)7/h21-24,26,34,36-38,40-43,45,49H,16-20,25,27-33H2,1-15H3/b24-23+,26-21+,35-22+. The Morgan fingerprint density at radius 1 is 1.00 bits per heavy atom. The van der Waals surface area contributed by atoms with Crippen molar-refractivity contribution in [3.05, 3.63) is 36.0 Å². The summed E-state index contributed by atoms with van der Waals surface area (Å²) in [4.78, 5) is 26.6. The molecule has 0 saturated heterocycles. The second kappa shape index (κ2) is 27.9. The molecule has 0 aromatic carbocycles. The molecule has 1 aliphatic heterocycles. The van der Waals surface area contributed by atoms with Gasteiger partial charge in [0.2, 0.25) is 0 Å². The minimum Gasteiger partial charge on any atom is -0.457 e. The Kier molecular flexibility index (Phi) is 26.1. The molecule has 59 heavy (non-hydrogen) atoms. The van der Waals surface area contributed by atoms with Gasteiger partial charge in [0.15, 0.2) is 8.32 Å². The first-order valence-corrected chi connectivity index (χ1v) is 24.9. The number of hydrogen-bond donors (Lipinski definition) is 1. The average molecular weight is 855 g/mol. The van der Waals surface area contributed by atoms with E-state index in [2.05, 4.69) is 48.5 Å². The number of carbonyl (C=O) groups is 2. The van der Waals surface area contributed by atoms with Gasteiger partial charge in [0.25, 0.3) is 0 Å². The number of esters is 2. The van der Waals surface area contributed by atoms with Crippen molar-refractivity contribution >= 4 is 20.3 Å². The Balaban J connectivity index is 3.72. The number of carbonyl (C=O) groups excluding carboxylic acids is 2. The van der Waals surface area contributed by atoms with E-state index in [-0.39, 0.29) is 36.2 Å². The predicted molar refractivity (Wildman–Crippen MR) is 239 cm³/mol. The lowest BCUT2D eigenvalue weighted by atomic mass is 9.81. The van der Waals surface area contributed by atoms with Crippen LogP contribution in [0, 0.1) is 17.8 Å². The van der Waals surface area contributed by atoms with Gasteiger partial charge in [-0.3, -0.25) is 9.59 Å². The normalized spacial score (nSPS) is 26.3. The average Bonchev–Trinajstić information content (AvgIpc) is 3.19. The van der Waals surface area contributed by atoms with E-state index >= 15 is 0 Å². The summed E-state index contributed by atoms with van der Waals surface area (Å²) in [5.74, 6) is -0.935. The van der Waals surface area contributed by atoms with Crippen molar-refractivity contribution in [1.82, 2.24) is 0 Å². The molecule has 0 bridgehead atoms. The van der Waals surface area contributed by atoms with E-state index in [4.69, 9.17) is 37.6 Å². The fraction of sp³-hybridized carbons (Fsp3) is 0.830. The number of cyclic esters (lactones) is 1. The van der Waals surface area contributed by atoms with E-state index in [1.54, 1.807) is 7.11 Å². The van der Waals surface area contributed by atoms with Gasteiger partial charge in [0.05, 0.1) is 56.8 Å². The van der Waals surface area contributed by atoms with Gasteiger partial charge >= 0.3 is 11.9 Å². The second-order valence-electron chi connectivity index (χ2n) is 17.3. The topological polar surface area (TPSA) is 128 Å². The number of aliphatic hydroxyl groups is 1. The van der Waals surface area contributed by atoms with Crippen LogP contribution in [-0.2, 0) is 47.2 Å². The molecule has 10 atom stereocenters. The van der Waals surface area contributed by atoms with Crippen molar-refractivity contribution in [1.29, 1.82) is 0 Å². The molecule has 1 rings (SSSR count). The number of methoxy groups -OCH3 is 1. The third-order valence-corrected chi connectivity index (χ3v) is 17.9. The highest BCUT2D eigenvalue weighted by molar-refractivity contribution is 6.75. The van der Waals surface area contributed by atoms with Crippen LogP contribution in [0.2, 0.25) is 17.6 Å². The van der Waals surface area contributed by atoms with Crippen LogP contribution in [0.1, 0.15) is 129 Å². The fourth-order valence-corrected chi connectivity index (χ4v) is 11.8. The zero-order valence-electron chi connectivity index (χ0n) is 39.8. The van der Waals surface area contributed by atoms with Gasteiger partial charge in [-0.1, -0.05) is 79.7 Å². The Bertz CT molecular complexity index is 1280. The Hall–Kier alpha value is -1.90. The summed E-state index contributed by atoms with van der Waals surface area (Å²) in [5.41, 5.74) is -0.560. The van der Waals surface area contributed by atoms with Crippen LogP contribution < -0.4 is 0 Å². The van der Waals surface area contributed by atoms with E-state index in [1.165, 1.54) is 6.92 Å². The number of hydrogen-bond acceptors (Lipinski definition) is 11. The zero-order chi connectivity index (χ0) is 44.8. The van der Waals surface area contributed by atoms with Gasteiger partial charge in [-0.15, -0.1) is 0 Å². The Morgan fingerprint density at radius 2 is 1.63 bits per heavy atom. The van der Waals surface area contributed by atoms with Crippen molar-refractivity contribution < 1.29 is 52.3 Å². The molecule has 0 fully saturated rings. The largest absolute Gasteiger partial charge is 0.457 e. The molecule has 1 heterocycles. The highest BCUT2D eigenvalue weighted by Crippen LogP contribution is 2.36. The van der Waals surface area contributed by atoms with Gasteiger partial charge in [-0.25, -0.2) is 0 Å². The SMILES string of the molecule is CCOCCOC(C)(/C=C/C=C(\C)C1OC(=O)CC(O[Si](CC)(CC)C(C)C)CCC(C)(OCCOCC)C(OC(C)=O)/C=C/C1C)CC(O)C(C)C(C)C(CC)OC. The molecule has 0 saturated carbocycles. The molecule has 344 valence electrons. The lowest BCUT2D eigenvalue weighted by molar-refractivity contribution is -0.166. The maximum Gasteiger partial charge on any atom is 0.308 e. The third kappa shape index (κ3) is 18.5. The highest BCUT2D eigenvalue weighted by atomic mass is 28.4. The van der Waals surface area contributed by atoms with E-state index < -0.39 is 49.9 Å². The predicted octanol–water partition coefficient (Wildman–Crippen LogP) is 9.56. The monoisotopic (exact) mass is 855 g/mol. The number of ether oxygens (including phenoxy) is 7. The van der Waals surface area contributed by atoms with Crippen molar-refractivity contribution in [2.45, 2.75) is 188 Å². The molecule has 0 radical (unpaired) electrons. The molecule has 1 N–H and O–H groups in total. The van der Waals surface area contributed by atoms with Crippen LogP contribution >= 0.6 is 0 Å². The first-order valence-electron chi connectivity index (χ1n) is 22.5. The van der Waals surface area contributed by atoms with Crippen molar-refractivity contribution in [3.63, 3.8) is 0 Å². The molecule has 0 aromatic heterocycles. The first kappa shape index (κ1) is 55.1. The van der Waals surface area contributed by atoms with Crippen LogP contribution in [0.4, 0.5) is 0 Å². The number of rotatable bonds is 26. The highest BCUT2D eigenvalue weighted by Gasteiger charge is 2.42. The summed E-state index contributed by atoms with van der Waals surface area (Å²) in [6.45, 7) is 30.9. The fourth-order valence-electron chi connectivity index (χ4n) is 8.23. The summed E-state index contributed by atoms with van der Waals surface area (Å²) in [6, 6.07) is 1.86. The minimum atomic E-state index is -2.22. The Labute approximate surface area is 360 Å². The van der Waals surface area contributed by atoms with Crippen LogP contribution in [0.15, 0.2) is 36.0 Å². The molecule has 0 spiro atoms. The van der Waals surface area contributed by atoms with Gasteiger partial charge in [-0.05, 0) is 95.0 Å². The molecule has 1 aliphatic rings. The molecule has 10 unspecified atom stereocenters.